The highest BCUT2D eigenvalue weighted by Gasteiger charge is 2.17. The molecule has 0 saturated carbocycles. The van der Waals surface area contributed by atoms with E-state index in [9.17, 15) is 9.59 Å². The molecule has 4 nitrogen and oxygen atoms in total. The summed E-state index contributed by atoms with van der Waals surface area (Å²) in [5.74, 6) is -0.299. The van der Waals surface area contributed by atoms with Gasteiger partial charge in [-0.05, 0) is 31.5 Å². The van der Waals surface area contributed by atoms with Crippen molar-refractivity contribution in [3.8, 4) is 0 Å². The van der Waals surface area contributed by atoms with Gasteiger partial charge in [-0.15, -0.1) is 0 Å². The first-order valence-corrected chi connectivity index (χ1v) is 8.58. The van der Waals surface area contributed by atoms with E-state index in [0.29, 0.717) is 25.3 Å². The van der Waals surface area contributed by atoms with Crippen molar-refractivity contribution in [2.24, 2.45) is 0 Å². The average Bonchev–Trinajstić information content (AvgIpc) is 2.50. The Hall–Kier alpha value is -1.36. The van der Waals surface area contributed by atoms with Gasteiger partial charge in [-0.25, -0.2) is 0 Å². The maximum Gasteiger partial charge on any atom is 0.307 e. The zero-order valence-electron chi connectivity index (χ0n) is 13.3. The van der Waals surface area contributed by atoms with Crippen LogP contribution in [0.3, 0.4) is 0 Å². The van der Waals surface area contributed by atoms with E-state index in [0.717, 1.165) is 23.7 Å². The summed E-state index contributed by atoms with van der Waals surface area (Å²) in [4.78, 5) is 25.9. The summed E-state index contributed by atoms with van der Waals surface area (Å²) in [5, 5.41) is 0. The fraction of sp³-hybridized carbons (Fsp3) is 0.529. The van der Waals surface area contributed by atoms with Gasteiger partial charge in [0.15, 0.2) is 0 Å². The van der Waals surface area contributed by atoms with Crippen LogP contribution >= 0.6 is 15.9 Å². The molecule has 1 aromatic carbocycles. The number of carbonyl (C=O) groups excluding carboxylic acids is 2. The minimum Gasteiger partial charge on any atom is -0.466 e. The molecule has 0 bridgehead atoms. The van der Waals surface area contributed by atoms with Crippen LogP contribution in [0.25, 0.3) is 0 Å². The Balaban J connectivity index is 2.70. The molecule has 1 amide bonds. The van der Waals surface area contributed by atoms with Crippen molar-refractivity contribution >= 4 is 27.8 Å². The molecule has 0 saturated heterocycles. The van der Waals surface area contributed by atoms with Gasteiger partial charge in [0, 0.05) is 23.1 Å². The molecule has 5 heteroatoms. The molecular weight excluding hydrogens is 346 g/mol. The van der Waals surface area contributed by atoms with Gasteiger partial charge in [0.1, 0.15) is 0 Å². The summed E-state index contributed by atoms with van der Waals surface area (Å²) in [5.41, 5.74) is 0.634. The molecule has 0 unspecified atom stereocenters. The number of nitrogens with zero attached hydrogens (tertiary/aromatic N) is 1. The fourth-order valence-electron chi connectivity index (χ4n) is 2.13. The predicted octanol–water partition coefficient (Wildman–Crippen LogP) is 4.03. The van der Waals surface area contributed by atoms with E-state index < -0.39 is 0 Å². The average molecular weight is 370 g/mol. The molecule has 0 aliphatic rings. The second-order valence-electron chi connectivity index (χ2n) is 5.06. The van der Waals surface area contributed by atoms with Gasteiger partial charge in [-0.3, -0.25) is 9.59 Å². The number of esters is 1. The lowest BCUT2D eigenvalue weighted by atomic mass is 10.1. The maximum atomic E-state index is 12.6. The van der Waals surface area contributed by atoms with E-state index in [1.807, 2.05) is 12.1 Å². The molecule has 22 heavy (non-hydrogen) atoms. The molecule has 0 heterocycles. The fourth-order valence-corrected chi connectivity index (χ4v) is 2.53. The first-order valence-electron chi connectivity index (χ1n) is 7.79. The minimum absolute atomic E-state index is 0.0401. The quantitative estimate of drug-likeness (QED) is 0.487. The zero-order valence-corrected chi connectivity index (χ0v) is 14.9. The molecule has 0 atom stereocenters. The van der Waals surface area contributed by atoms with E-state index in [1.165, 1.54) is 0 Å². The molecule has 0 radical (unpaired) electrons. The number of hydrogen-bond donors (Lipinski definition) is 0. The van der Waals surface area contributed by atoms with E-state index in [4.69, 9.17) is 4.74 Å². The Kier molecular flexibility index (Phi) is 8.82. The summed E-state index contributed by atoms with van der Waals surface area (Å²) in [6.07, 6.45) is 3.34. The number of benzene rings is 1. The smallest absolute Gasteiger partial charge is 0.307 e. The van der Waals surface area contributed by atoms with Gasteiger partial charge >= 0.3 is 5.97 Å². The van der Waals surface area contributed by atoms with Gasteiger partial charge in [0.25, 0.3) is 5.91 Å². The molecule has 0 aliphatic heterocycles. The number of hydrogen-bond acceptors (Lipinski definition) is 3. The van der Waals surface area contributed by atoms with E-state index in [1.54, 1.807) is 24.0 Å². The van der Waals surface area contributed by atoms with Gasteiger partial charge in [0.05, 0.1) is 13.0 Å². The Morgan fingerprint density at radius 1 is 1.18 bits per heavy atom. The van der Waals surface area contributed by atoms with Crippen molar-refractivity contribution in [1.29, 1.82) is 0 Å². The van der Waals surface area contributed by atoms with Gasteiger partial charge in [-0.1, -0.05) is 41.8 Å². The standard InChI is InChI=1S/C17H24BrNO3/c1-3-5-6-11-19(12-10-16(20)22-4-2)17(21)14-8-7-9-15(18)13-14/h7-9,13H,3-6,10-12H2,1-2H3. The van der Waals surface area contributed by atoms with Crippen LogP contribution in [0.4, 0.5) is 0 Å². The molecule has 0 aliphatic carbocycles. The number of rotatable bonds is 9. The SMILES string of the molecule is CCCCCN(CCC(=O)OCC)C(=O)c1cccc(Br)c1. The Labute approximate surface area is 141 Å². The normalized spacial score (nSPS) is 10.3. The van der Waals surface area contributed by atoms with Gasteiger partial charge < -0.3 is 9.64 Å². The van der Waals surface area contributed by atoms with Crippen molar-refractivity contribution in [3.63, 3.8) is 0 Å². The first kappa shape index (κ1) is 18.7. The lowest BCUT2D eigenvalue weighted by molar-refractivity contribution is -0.143. The lowest BCUT2D eigenvalue weighted by Gasteiger charge is -2.22. The largest absolute Gasteiger partial charge is 0.466 e. The molecule has 1 aromatic rings. The highest BCUT2D eigenvalue weighted by Crippen LogP contribution is 2.14. The Bertz CT molecular complexity index is 491. The third kappa shape index (κ3) is 6.60. The van der Waals surface area contributed by atoms with Crippen molar-refractivity contribution in [3.05, 3.63) is 34.3 Å². The summed E-state index contributed by atoms with van der Waals surface area (Å²) >= 11 is 3.38. The van der Waals surface area contributed by atoms with Crippen molar-refractivity contribution in [1.82, 2.24) is 4.90 Å². The van der Waals surface area contributed by atoms with Crippen LogP contribution in [0.5, 0.6) is 0 Å². The van der Waals surface area contributed by atoms with Gasteiger partial charge in [0.2, 0.25) is 0 Å². The van der Waals surface area contributed by atoms with E-state index in [2.05, 4.69) is 22.9 Å². The van der Waals surface area contributed by atoms with Crippen molar-refractivity contribution in [2.75, 3.05) is 19.7 Å². The number of amides is 1. The summed E-state index contributed by atoms with van der Waals surface area (Å²) in [6, 6.07) is 7.33. The summed E-state index contributed by atoms with van der Waals surface area (Å²) < 4.78 is 5.81. The lowest BCUT2D eigenvalue weighted by Crippen LogP contribution is -2.34. The predicted molar refractivity (Wildman–Crippen MR) is 90.8 cm³/mol. The third-order valence-corrected chi connectivity index (χ3v) is 3.77. The van der Waals surface area contributed by atoms with Crippen LogP contribution < -0.4 is 0 Å². The number of carbonyl (C=O) groups is 2. The van der Waals surface area contributed by atoms with Crippen LogP contribution in [0.1, 0.15) is 49.9 Å². The third-order valence-electron chi connectivity index (χ3n) is 3.28. The second-order valence-corrected chi connectivity index (χ2v) is 5.98. The number of ether oxygens (including phenoxy) is 1. The monoisotopic (exact) mass is 369 g/mol. The maximum absolute atomic E-state index is 12.6. The Morgan fingerprint density at radius 3 is 2.59 bits per heavy atom. The van der Waals surface area contributed by atoms with Crippen molar-refractivity contribution in [2.45, 2.75) is 39.5 Å². The first-order chi connectivity index (χ1) is 10.6. The zero-order chi connectivity index (χ0) is 16.4. The van der Waals surface area contributed by atoms with Crippen LogP contribution in [0.15, 0.2) is 28.7 Å². The van der Waals surface area contributed by atoms with Crippen LogP contribution in [0.2, 0.25) is 0 Å². The van der Waals surface area contributed by atoms with Crippen molar-refractivity contribution < 1.29 is 14.3 Å². The van der Waals surface area contributed by atoms with E-state index >= 15 is 0 Å². The summed E-state index contributed by atoms with van der Waals surface area (Å²) in [7, 11) is 0. The Morgan fingerprint density at radius 2 is 1.95 bits per heavy atom. The minimum atomic E-state index is -0.259. The molecule has 0 fully saturated rings. The summed E-state index contributed by atoms with van der Waals surface area (Å²) in [6.45, 7) is 5.34. The topological polar surface area (TPSA) is 46.6 Å². The highest BCUT2D eigenvalue weighted by molar-refractivity contribution is 9.10. The van der Waals surface area contributed by atoms with Crippen LogP contribution in [-0.4, -0.2) is 36.5 Å². The number of halogens is 1. The van der Waals surface area contributed by atoms with Crippen LogP contribution in [0, 0.1) is 0 Å². The molecule has 0 spiro atoms. The number of unbranched alkanes of at least 4 members (excludes halogenated alkanes) is 2. The molecular formula is C17H24BrNO3. The molecule has 1 rings (SSSR count). The van der Waals surface area contributed by atoms with E-state index in [-0.39, 0.29) is 18.3 Å². The molecule has 122 valence electrons. The molecule has 0 aromatic heterocycles. The van der Waals surface area contributed by atoms with Gasteiger partial charge in [-0.2, -0.15) is 0 Å². The van der Waals surface area contributed by atoms with Crippen LogP contribution in [-0.2, 0) is 9.53 Å². The highest BCUT2D eigenvalue weighted by atomic mass is 79.9. The molecule has 0 N–H and O–H groups in total. The second kappa shape index (κ2) is 10.4.